The predicted octanol–water partition coefficient (Wildman–Crippen LogP) is 2.36. The fraction of sp³-hybridized carbons (Fsp3) is 0.471. The first-order chi connectivity index (χ1) is 11.2. The molecule has 1 saturated heterocycles. The normalized spacial score (nSPS) is 18.1. The number of likely N-dealkylation sites (N-methyl/N-ethyl adjacent to an activating group) is 1. The van der Waals surface area contributed by atoms with Crippen LogP contribution in [0.4, 0.5) is 0 Å². The molecule has 1 aromatic carbocycles. The van der Waals surface area contributed by atoms with Gasteiger partial charge in [0.05, 0.1) is 15.2 Å². The number of aromatic nitrogens is 1. The van der Waals surface area contributed by atoms with Gasteiger partial charge in [-0.3, -0.25) is 9.59 Å². The minimum atomic E-state index is -0.309. The van der Waals surface area contributed by atoms with Crippen LogP contribution >= 0.6 is 11.3 Å². The molecule has 2 aromatic rings. The molecule has 6 heteroatoms. The maximum atomic E-state index is 12.5. The fourth-order valence-corrected chi connectivity index (χ4v) is 4.02. The molecule has 5 nitrogen and oxygen atoms in total. The molecule has 0 spiro atoms. The Bertz CT molecular complexity index is 680. The third-order valence-corrected chi connectivity index (χ3v) is 5.36. The molecule has 0 saturated carbocycles. The van der Waals surface area contributed by atoms with Crippen molar-refractivity contribution in [2.24, 2.45) is 0 Å². The first-order valence-electron chi connectivity index (χ1n) is 8.04. The zero-order valence-electron chi connectivity index (χ0n) is 13.2. The lowest BCUT2D eigenvalue weighted by molar-refractivity contribution is -0.142. The second-order valence-corrected chi connectivity index (χ2v) is 6.90. The summed E-state index contributed by atoms with van der Waals surface area (Å²) in [4.78, 5) is 30.8. The maximum absolute atomic E-state index is 12.5. The van der Waals surface area contributed by atoms with Crippen LogP contribution < -0.4 is 5.32 Å². The molecule has 1 aliphatic rings. The molecule has 1 fully saturated rings. The Morgan fingerprint density at radius 1 is 1.35 bits per heavy atom. The standard InChI is InChI=1S/C17H21N3O2S/c1-18-17(22)13-7-4-5-11-20(13)16(21)10-9-15-19-12-6-2-3-8-14(12)23-15/h2-3,6,8,13H,4-5,7,9-11H2,1H3,(H,18,22)/t13-/m1/s1. The molecule has 1 aliphatic heterocycles. The Morgan fingerprint density at radius 3 is 2.96 bits per heavy atom. The molecule has 1 atom stereocenters. The number of nitrogens with one attached hydrogen (secondary N) is 1. The second-order valence-electron chi connectivity index (χ2n) is 5.79. The number of fused-ring (bicyclic) bond motifs is 1. The number of amides is 2. The Hall–Kier alpha value is -1.95. The summed E-state index contributed by atoms with van der Waals surface area (Å²) in [7, 11) is 1.63. The monoisotopic (exact) mass is 331 g/mol. The van der Waals surface area contributed by atoms with Crippen LogP contribution in [0, 0.1) is 0 Å². The molecule has 1 aromatic heterocycles. The largest absolute Gasteiger partial charge is 0.357 e. The van der Waals surface area contributed by atoms with E-state index in [4.69, 9.17) is 0 Å². The summed E-state index contributed by atoms with van der Waals surface area (Å²) in [6.45, 7) is 0.677. The molecular weight excluding hydrogens is 310 g/mol. The molecule has 0 bridgehead atoms. The van der Waals surface area contributed by atoms with Crippen LogP contribution in [0.25, 0.3) is 10.2 Å². The van der Waals surface area contributed by atoms with E-state index in [1.54, 1.807) is 23.3 Å². The molecule has 2 heterocycles. The molecule has 122 valence electrons. The average Bonchev–Trinajstić information content (AvgIpc) is 3.02. The van der Waals surface area contributed by atoms with Gasteiger partial charge in [-0.1, -0.05) is 12.1 Å². The number of nitrogens with zero attached hydrogens (tertiary/aromatic N) is 2. The van der Waals surface area contributed by atoms with Gasteiger partial charge in [0.1, 0.15) is 6.04 Å². The van der Waals surface area contributed by atoms with Crippen molar-refractivity contribution in [3.05, 3.63) is 29.3 Å². The van der Waals surface area contributed by atoms with Crippen LogP contribution in [0.2, 0.25) is 0 Å². The first-order valence-corrected chi connectivity index (χ1v) is 8.86. The second kappa shape index (κ2) is 7.08. The summed E-state index contributed by atoms with van der Waals surface area (Å²) in [6.07, 6.45) is 3.77. The minimum Gasteiger partial charge on any atom is -0.357 e. The summed E-state index contributed by atoms with van der Waals surface area (Å²) in [6, 6.07) is 7.70. The summed E-state index contributed by atoms with van der Waals surface area (Å²) < 4.78 is 1.15. The van der Waals surface area contributed by atoms with Crippen LogP contribution in [-0.4, -0.2) is 41.3 Å². The smallest absolute Gasteiger partial charge is 0.242 e. The number of rotatable bonds is 4. The van der Waals surface area contributed by atoms with Gasteiger partial charge in [0, 0.05) is 26.4 Å². The number of aryl methyl sites for hydroxylation is 1. The highest BCUT2D eigenvalue weighted by Gasteiger charge is 2.31. The molecule has 3 rings (SSSR count). The van der Waals surface area contributed by atoms with Crippen LogP contribution in [0.15, 0.2) is 24.3 Å². The van der Waals surface area contributed by atoms with Gasteiger partial charge in [0.15, 0.2) is 0 Å². The summed E-state index contributed by atoms with van der Waals surface area (Å²) >= 11 is 1.64. The molecular formula is C17H21N3O2S. The van der Waals surface area contributed by atoms with Gasteiger partial charge in [-0.15, -0.1) is 11.3 Å². The number of hydrogen-bond acceptors (Lipinski definition) is 4. The van der Waals surface area contributed by atoms with Gasteiger partial charge in [-0.2, -0.15) is 0 Å². The minimum absolute atomic E-state index is 0.0533. The molecule has 0 unspecified atom stereocenters. The number of carbonyl (C=O) groups is 2. The van der Waals surface area contributed by atoms with Crippen molar-refractivity contribution < 1.29 is 9.59 Å². The number of likely N-dealkylation sites (tertiary alicyclic amines) is 1. The number of benzene rings is 1. The Morgan fingerprint density at radius 2 is 2.17 bits per heavy atom. The van der Waals surface area contributed by atoms with Crippen molar-refractivity contribution in [2.45, 2.75) is 38.1 Å². The molecule has 2 amide bonds. The van der Waals surface area contributed by atoms with E-state index in [-0.39, 0.29) is 17.9 Å². The lowest BCUT2D eigenvalue weighted by Crippen LogP contribution is -2.51. The van der Waals surface area contributed by atoms with E-state index in [0.29, 0.717) is 19.4 Å². The van der Waals surface area contributed by atoms with Crippen LogP contribution in [0.1, 0.15) is 30.7 Å². The summed E-state index contributed by atoms with van der Waals surface area (Å²) in [5.74, 6) is -0.00408. The summed E-state index contributed by atoms with van der Waals surface area (Å²) in [5.41, 5.74) is 0.987. The highest BCUT2D eigenvalue weighted by atomic mass is 32.1. The Balaban J connectivity index is 1.64. The molecule has 1 N–H and O–H groups in total. The summed E-state index contributed by atoms with van der Waals surface area (Å²) in [5, 5.41) is 3.65. The van der Waals surface area contributed by atoms with Crippen LogP contribution in [0.5, 0.6) is 0 Å². The van der Waals surface area contributed by atoms with Crippen LogP contribution in [0.3, 0.4) is 0 Å². The fourth-order valence-electron chi connectivity index (χ4n) is 3.05. The highest BCUT2D eigenvalue weighted by molar-refractivity contribution is 7.18. The quantitative estimate of drug-likeness (QED) is 0.935. The van der Waals surface area contributed by atoms with E-state index in [1.807, 2.05) is 24.3 Å². The Kier molecular flexibility index (Phi) is 4.91. The lowest BCUT2D eigenvalue weighted by atomic mass is 10.0. The molecule has 0 aliphatic carbocycles. The SMILES string of the molecule is CNC(=O)[C@H]1CCCCN1C(=O)CCc1nc2ccccc2s1. The van der Waals surface area contributed by atoms with E-state index in [1.165, 1.54) is 0 Å². The topological polar surface area (TPSA) is 62.3 Å². The van der Waals surface area contributed by atoms with Gasteiger partial charge in [0.25, 0.3) is 0 Å². The van der Waals surface area contributed by atoms with Gasteiger partial charge in [-0.05, 0) is 31.4 Å². The zero-order valence-corrected chi connectivity index (χ0v) is 14.1. The van der Waals surface area contributed by atoms with Crippen molar-refractivity contribution in [1.82, 2.24) is 15.2 Å². The van der Waals surface area contributed by atoms with E-state index >= 15 is 0 Å². The predicted molar refractivity (Wildman–Crippen MR) is 91.4 cm³/mol. The first kappa shape index (κ1) is 15.9. The van der Waals surface area contributed by atoms with Gasteiger partial charge >= 0.3 is 0 Å². The molecule has 0 radical (unpaired) electrons. The van der Waals surface area contributed by atoms with Gasteiger partial charge in [-0.25, -0.2) is 4.98 Å². The third kappa shape index (κ3) is 3.52. The third-order valence-electron chi connectivity index (χ3n) is 4.26. The lowest BCUT2D eigenvalue weighted by Gasteiger charge is -2.34. The van der Waals surface area contributed by atoms with Gasteiger partial charge in [0.2, 0.25) is 11.8 Å². The molecule has 23 heavy (non-hydrogen) atoms. The average molecular weight is 331 g/mol. The number of thiazole rings is 1. The van der Waals surface area contributed by atoms with E-state index in [2.05, 4.69) is 10.3 Å². The number of piperidine rings is 1. The number of carbonyl (C=O) groups excluding carboxylic acids is 2. The van der Waals surface area contributed by atoms with Gasteiger partial charge < -0.3 is 10.2 Å². The Labute approximate surface area is 139 Å². The van der Waals surface area contributed by atoms with E-state index in [0.717, 1.165) is 34.5 Å². The number of para-hydroxylation sites is 1. The maximum Gasteiger partial charge on any atom is 0.242 e. The highest BCUT2D eigenvalue weighted by Crippen LogP contribution is 2.23. The zero-order chi connectivity index (χ0) is 16.2. The van der Waals surface area contributed by atoms with E-state index in [9.17, 15) is 9.59 Å². The van der Waals surface area contributed by atoms with Crippen molar-refractivity contribution >= 4 is 33.4 Å². The van der Waals surface area contributed by atoms with Crippen molar-refractivity contribution in [2.75, 3.05) is 13.6 Å². The van der Waals surface area contributed by atoms with E-state index < -0.39 is 0 Å². The van der Waals surface area contributed by atoms with Crippen molar-refractivity contribution in [1.29, 1.82) is 0 Å². The van der Waals surface area contributed by atoms with Crippen LogP contribution in [-0.2, 0) is 16.0 Å². The van der Waals surface area contributed by atoms with Crippen molar-refractivity contribution in [3.8, 4) is 0 Å². The number of hydrogen-bond donors (Lipinski definition) is 1. The van der Waals surface area contributed by atoms with Crippen molar-refractivity contribution in [3.63, 3.8) is 0 Å².